The van der Waals surface area contributed by atoms with E-state index in [9.17, 15) is 29.8 Å². The van der Waals surface area contributed by atoms with Crippen LogP contribution in [0.1, 0.15) is 25.0 Å². The summed E-state index contributed by atoms with van der Waals surface area (Å²) in [5.74, 6) is -1.03. The van der Waals surface area contributed by atoms with E-state index in [-0.39, 0.29) is 12.0 Å². The first-order valence-electron chi connectivity index (χ1n) is 9.24. The molecular formula is C20H21N5O6. The zero-order valence-corrected chi connectivity index (χ0v) is 16.9. The van der Waals surface area contributed by atoms with Crippen LogP contribution in [-0.4, -0.2) is 21.7 Å². The maximum Gasteiger partial charge on any atom is 0.279 e. The quantitative estimate of drug-likeness (QED) is 0.315. The third-order valence-electron chi connectivity index (χ3n) is 4.20. The minimum Gasteiger partial charge on any atom is -0.322 e. The second-order valence-corrected chi connectivity index (χ2v) is 6.54. The molecule has 0 aliphatic heterocycles. The molecule has 0 aromatic heterocycles. The first-order chi connectivity index (χ1) is 14.7. The first-order valence-corrected chi connectivity index (χ1v) is 9.24. The largest absolute Gasteiger partial charge is 0.322 e. The van der Waals surface area contributed by atoms with Gasteiger partial charge in [0.2, 0.25) is 11.8 Å². The fourth-order valence-corrected chi connectivity index (χ4v) is 2.61. The lowest BCUT2D eigenvalue weighted by molar-refractivity contribution is -0.394. The fraction of sp³-hybridized carbons (Fsp3) is 0.200. The molecule has 0 saturated carbocycles. The van der Waals surface area contributed by atoms with Gasteiger partial charge in [-0.05, 0) is 37.1 Å². The Morgan fingerprint density at radius 1 is 1.00 bits per heavy atom. The van der Waals surface area contributed by atoms with Gasteiger partial charge in [-0.15, -0.1) is 0 Å². The van der Waals surface area contributed by atoms with Gasteiger partial charge in [-0.2, -0.15) is 0 Å². The van der Waals surface area contributed by atoms with Crippen LogP contribution in [0.4, 0.5) is 17.1 Å². The first kappa shape index (κ1) is 23.0. The molecule has 0 saturated heterocycles. The molecule has 11 nitrogen and oxygen atoms in total. The Morgan fingerprint density at radius 2 is 1.68 bits per heavy atom. The Morgan fingerprint density at radius 3 is 2.26 bits per heavy atom. The molecule has 2 aromatic carbocycles. The van der Waals surface area contributed by atoms with Crippen molar-refractivity contribution in [2.75, 3.05) is 5.32 Å². The van der Waals surface area contributed by atoms with Gasteiger partial charge in [-0.25, -0.2) is 0 Å². The Bertz CT molecular complexity index is 1030. The van der Waals surface area contributed by atoms with E-state index < -0.39 is 33.0 Å². The van der Waals surface area contributed by atoms with E-state index in [4.69, 9.17) is 0 Å². The molecule has 3 N–H and O–H groups in total. The molecule has 2 amide bonds. The monoisotopic (exact) mass is 427 g/mol. The van der Waals surface area contributed by atoms with Crippen LogP contribution in [-0.2, 0) is 22.4 Å². The van der Waals surface area contributed by atoms with Gasteiger partial charge in [0.05, 0.1) is 22.3 Å². The summed E-state index contributed by atoms with van der Waals surface area (Å²) < 4.78 is 0. The number of benzene rings is 2. The molecule has 162 valence electrons. The number of non-ortho nitro benzene ring substituents is 1. The highest BCUT2D eigenvalue weighted by Crippen LogP contribution is 2.25. The van der Waals surface area contributed by atoms with Gasteiger partial charge in [0.1, 0.15) is 0 Å². The standard InChI is InChI=1S/C20H21N5O6/c1-3-14-4-7-16(8-5-14)21-19(26)10-13(2)22-23-20(27)11-15-6-9-17(24(28)29)12-18(15)25(30)31/h4-10,12,22H,3,11H2,1-2H3,(H,21,26)(H,23,27). The number of nitrogens with one attached hydrogen (secondary N) is 3. The number of amides is 2. The van der Waals surface area contributed by atoms with E-state index >= 15 is 0 Å². The summed E-state index contributed by atoms with van der Waals surface area (Å²) in [6.07, 6.45) is 1.74. The zero-order valence-electron chi connectivity index (χ0n) is 16.9. The highest BCUT2D eigenvalue weighted by atomic mass is 16.6. The lowest BCUT2D eigenvalue weighted by atomic mass is 10.1. The number of rotatable bonds is 9. The summed E-state index contributed by atoms with van der Waals surface area (Å²) in [7, 11) is 0. The molecule has 0 aliphatic carbocycles. The molecule has 2 rings (SSSR count). The van der Waals surface area contributed by atoms with E-state index in [1.54, 1.807) is 19.1 Å². The molecule has 0 heterocycles. The molecule has 0 atom stereocenters. The topological polar surface area (TPSA) is 157 Å². The van der Waals surface area contributed by atoms with Crippen molar-refractivity contribution in [1.82, 2.24) is 10.9 Å². The van der Waals surface area contributed by atoms with Crippen molar-refractivity contribution in [3.05, 3.63) is 85.6 Å². The summed E-state index contributed by atoms with van der Waals surface area (Å²) in [6.45, 7) is 3.58. The molecule has 11 heteroatoms. The molecule has 31 heavy (non-hydrogen) atoms. The third-order valence-corrected chi connectivity index (χ3v) is 4.20. The van der Waals surface area contributed by atoms with E-state index in [0.717, 1.165) is 30.2 Å². The van der Waals surface area contributed by atoms with Crippen molar-refractivity contribution < 1.29 is 19.4 Å². The minimum absolute atomic E-state index is 0.0183. The predicted octanol–water partition coefficient (Wildman–Crippen LogP) is 2.77. The number of carbonyl (C=O) groups excluding carboxylic acids is 2. The van der Waals surface area contributed by atoms with Crippen LogP contribution in [0.2, 0.25) is 0 Å². The van der Waals surface area contributed by atoms with Crippen LogP contribution in [0.15, 0.2) is 54.2 Å². The number of nitro groups is 2. The van der Waals surface area contributed by atoms with Crippen LogP contribution in [0.5, 0.6) is 0 Å². The molecule has 0 radical (unpaired) electrons. The summed E-state index contributed by atoms with van der Waals surface area (Å²) in [5, 5.41) is 24.6. The van der Waals surface area contributed by atoms with E-state index in [1.807, 2.05) is 19.1 Å². The highest BCUT2D eigenvalue weighted by Gasteiger charge is 2.21. The molecule has 0 aliphatic rings. The van der Waals surface area contributed by atoms with Crippen molar-refractivity contribution in [2.45, 2.75) is 26.7 Å². The average molecular weight is 427 g/mol. The Hall–Kier alpha value is -4.28. The summed E-state index contributed by atoms with van der Waals surface area (Å²) in [5.41, 5.74) is 6.01. The summed E-state index contributed by atoms with van der Waals surface area (Å²) >= 11 is 0. The molecule has 0 spiro atoms. The van der Waals surface area contributed by atoms with E-state index in [0.29, 0.717) is 11.4 Å². The molecule has 2 aromatic rings. The van der Waals surface area contributed by atoms with E-state index in [1.165, 1.54) is 6.08 Å². The second kappa shape index (κ2) is 10.5. The SMILES string of the molecule is CCc1ccc(NC(=O)C=C(C)NNC(=O)Cc2ccc([N+](=O)[O-])cc2[N+](=O)[O-])cc1. The number of hydrogen-bond acceptors (Lipinski definition) is 7. The van der Waals surface area contributed by atoms with Gasteiger partial charge in [0.25, 0.3) is 11.4 Å². The van der Waals surface area contributed by atoms with Gasteiger partial charge in [-0.1, -0.05) is 19.1 Å². The molecule has 0 fully saturated rings. The summed E-state index contributed by atoms with van der Waals surface area (Å²) in [4.78, 5) is 44.5. The fourth-order valence-electron chi connectivity index (χ4n) is 2.61. The van der Waals surface area contributed by atoms with Crippen LogP contribution in [0.25, 0.3) is 0 Å². The van der Waals surface area contributed by atoms with Crippen LogP contribution in [0, 0.1) is 20.2 Å². The van der Waals surface area contributed by atoms with Crippen molar-refractivity contribution >= 4 is 28.9 Å². The Kier molecular flexibility index (Phi) is 7.78. The van der Waals surface area contributed by atoms with Gasteiger partial charge >= 0.3 is 0 Å². The summed E-state index contributed by atoms with van der Waals surface area (Å²) in [6, 6.07) is 10.4. The molecule has 0 unspecified atom stereocenters. The van der Waals surface area contributed by atoms with Gasteiger partial charge in [0.15, 0.2) is 0 Å². The van der Waals surface area contributed by atoms with Crippen LogP contribution < -0.4 is 16.2 Å². The second-order valence-electron chi connectivity index (χ2n) is 6.54. The number of carbonyl (C=O) groups is 2. The number of nitrogens with zero attached hydrogens (tertiary/aromatic N) is 2. The number of nitro benzene ring substituents is 2. The number of hydrogen-bond donors (Lipinski definition) is 3. The van der Waals surface area contributed by atoms with E-state index in [2.05, 4.69) is 16.2 Å². The van der Waals surface area contributed by atoms with Gasteiger partial charge < -0.3 is 10.7 Å². The maximum absolute atomic E-state index is 12.1. The van der Waals surface area contributed by atoms with Crippen LogP contribution in [0.3, 0.4) is 0 Å². The molecular weight excluding hydrogens is 406 g/mol. The van der Waals surface area contributed by atoms with Crippen molar-refractivity contribution in [2.24, 2.45) is 0 Å². The Labute approximate surface area is 177 Å². The van der Waals surface area contributed by atoms with Crippen molar-refractivity contribution in [3.63, 3.8) is 0 Å². The predicted molar refractivity (Wildman–Crippen MR) is 113 cm³/mol. The number of anilines is 1. The molecule has 0 bridgehead atoms. The zero-order chi connectivity index (χ0) is 23.0. The average Bonchev–Trinajstić information content (AvgIpc) is 2.72. The number of aryl methyl sites for hydroxylation is 1. The van der Waals surface area contributed by atoms with Crippen molar-refractivity contribution in [1.29, 1.82) is 0 Å². The number of allylic oxidation sites excluding steroid dienone is 1. The lowest BCUT2D eigenvalue weighted by Gasteiger charge is -2.09. The van der Waals surface area contributed by atoms with Crippen LogP contribution >= 0.6 is 0 Å². The normalized spacial score (nSPS) is 10.8. The smallest absolute Gasteiger partial charge is 0.279 e. The van der Waals surface area contributed by atoms with Gasteiger partial charge in [0, 0.05) is 29.1 Å². The maximum atomic E-state index is 12.1. The Balaban J connectivity index is 1.93. The van der Waals surface area contributed by atoms with Crippen molar-refractivity contribution in [3.8, 4) is 0 Å². The number of hydrazine groups is 1. The third kappa shape index (κ3) is 6.92. The highest BCUT2D eigenvalue weighted by molar-refractivity contribution is 5.99. The van der Waals surface area contributed by atoms with Gasteiger partial charge in [-0.3, -0.25) is 35.2 Å². The lowest BCUT2D eigenvalue weighted by Crippen LogP contribution is -2.37. The minimum atomic E-state index is -0.786.